The van der Waals surface area contributed by atoms with Crippen LogP contribution in [0, 0.1) is 11.8 Å². The zero-order valence-corrected chi connectivity index (χ0v) is 12.1. The number of rotatable bonds is 6. The summed E-state index contributed by atoms with van der Waals surface area (Å²) >= 11 is 0. The SMILES string of the molecule is CC(C)CCCC(c1ccccc1)C1CCCC1. The van der Waals surface area contributed by atoms with Crippen LogP contribution in [0.5, 0.6) is 0 Å². The fourth-order valence-electron chi connectivity index (χ4n) is 3.48. The Kier molecular flexibility index (Phi) is 5.28. The van der Waals surface area contributed by atoms with E-state index in [1.54, 1.807) is 5.56 Å². The predicted octanol–water partition coefficient (Wildman–Crippen LogP) is 5.79. The van der Waals surface area contributed by atoms with Gasteiger partial charge >= 0.3 is 0 Å². The molecule has 1 saturated carbocycles. The van der Waals surface area contributed by atoms with Gasteiger partial charge in [-0.3, -0.25) is 0 Å². The van der Waals surface area contributed by atoms with Gasteiger partial charge in [-0.2, -0.15) is 0 Å². The smallest absolute Gasteiger partial charge is 0.0134 e. The molecular weight excluding hydrogens is 216 g/mol. The van der Waals surface area contributed by atoms with Crippen molar-refractivity contribution in [1.29, 1.82) is 0 Å². The van der Waals surface area contributed by atoms with Gasteiger partial charge in [0.1, 0.15) is 0 Å². The van der Waals surface area contributed by atoms with Gasteiger partial charge < -0.3 is 0 Å². The van der Waals surface area contributed by atoms with E-state index < -0.39 is 0 Å². The van der Waals surface area contributed by atoms with Crippen molar-refractivity contribution in [3.8, 4) is 0 Å². The average molecular weight is 244 g/mol. The van der Waals surface area contributed by atoms with Crippen LogP contribution < -0.4 is 0 Å². The van der Waals surface area contributed by atoms with Gasteiger partial charge in [0.2, 0.25) is 0 Å². The van der Waals surface area contributed by atoms with Gasteiger partial charge in [-0.25, -0.2) is 0 Å². The van der Waals surface area contributed by atoms with Crippen LogP contribution in [-0.4, -0.2) is 0 Å². The van der Waals surface area contributed by atoms with E-state index in [1.807, 2.05) is 0 Å². The highest BCUT2D eigenvalue weighted by Crippen LogP contribution is 2.40. The highest BCUT2D eigenvalue weighted by atomic mass is 14.3. The van der Waals surface area contributed by atoms with Gasteiger partial charge in [-0.15, -0.1) is 0 Å². The Morgan fingerprint density at radius 2 is 1.67 bits per heavy atom. The average Bonchev–Trinajstić information content (AvgIpc) is 2.89. The first-order valence-corrected chi connectivity index (χ1v) is 7.82. The molecule has 1 aliphatic rings. The zero-order chi connectivity index (χ0) is 12.8. The summed E-state index contributed by atoms with van der Waals surface area (Å²) in [6, 6.07) is 11.2. The molecule has 0 spiro atoms. The summed E-state index contributed by atoms with van der Waals surface area (Å²) < 4.78 is 0. The second kappa shape index (κ2) is 6.97. The highest BCUT2D eigenvalue weighted by molar-refractivity contribution is 5.20. The minimum atomic E-state index is 0.826. The van der Waals surface area contributed by atoms with Gasteiger partial charge in [-0.05, 0) is 42.6 Å². The Labute approximate surface area is 113 Å². The van der Waals surface area contributed by atoms with Crippen molar-refractivity contribution < 1.29 is 0 Å². The van der Waals surface area contributed by atoms with E-state index in [4.69, 9.17) is 0 Å². The van der Waals surface area contributed by atoms with Crippen LogP contribution in [-0.2, 0) is 0 Å². The fourth-order valence-corrected chi connectivity index (χ4v) is 3.48. The minimum absolute atomic E-state index is 0.826. The van der Waals surface area contributed by atoms with E-state index in [0.717, 1.165) is 17.8 Å². The highest BCUT2D eigenvalue weighted by Gasteiger charge is 2.25. The van der Waals surface area contributed by atoms with Crippen molar-refractivity contribution in [2.24, 2.45) is 11.8 Å². The van der Waals surface area contributed by atoms with E-state index in [1.165, 1.54) is 44.9 Å². The largest absolute Gasteiger partial charge is 0.0628 e. The van der Waals surface area contributed by atoms with Crippen LogP contribution in [0.3, 0.4) is 0 Å². The molecule has 1 unspecified atom stereocenters. The lowest BCUT2D eigenvalue weighted by atomic mass is 9.81. The molecule has 0 nitrogen and oxygen atoms in total. The Balaban J connectivity index is 1.98. The number of benzene rings is 1. The van der Waals surface area contributed by atoms with Crippen LogP contribution in [0.2, 0.25) is 0 Å². The third kappa shape index (κ3) is 3.86. The van der Waals surface area contributed by atoms with Crippen LogP contribution in [0.4, 0.5) is 0 Å². The van der Waals surface area contributed by atoms with E-state index in [9.17, 15) is 0 Å². The van der Waals surface area contributed by atoms with E-state index in [-0.39, 0.29) is 0 Å². The minimum Gasteiger partial charge on any atom is -0.0628 e. The Hall–Kier alpha value is -0.780. The van der Waals surface area contributed by atoms with Gasteiger partial charge in [0.05, 0.1) is 0 Å². The molecule has 0 aromatic heterocycles. The molecule has 1 aromatic rings. The predicted molar refractivity (Wildman–Crippen MR) is 79.8 cm³/mol. The van der Waals surface area contributed by atoms with Crippen LogP contribution in [0.1, 0.15) is 70.3 Å². The quantitative estimate of drug-likeness (QED) is 0.594. The van der Waals surface area contributed by atoms with Crippen LogP contribution in [0.15, 0.2) is 30.3 Å². The molecule has 0 saturated heterocycles. The number of hydrogen-bond donors (Lipinski definition) is 0. The third-order valence-corrected chi connectivity index (χ3v) is 4.49. The Morgan fingerprint density at radius 1 is 1.00 bits per heavy atom. The lowest BCUT2D eigenvalue weighted by Crippen LogP contribution is -2.10. The van der Waals surface area contributed by atoms with E-state index >= 15 is 0 Å². The van der Waals surface area contributed by atoms with Gasteiger partial charge in [0, 0.05) is 0 Å². The molecule has 0 N–H and O–H groups in total. The molecular formula is C18H28. The van der Waals surface area contributed by atoms with Crippen LogP contribution in [0.25, 0.3) is 0 Å². The molecule has 1 aliphatic carbocycles. The zero-order valence-electron chi connectivity index (χ0n) is 12.1. The third-order valence-electron chi connectivity index (χ3n) is 4.49. The molecule has 100 valence electrons. The summed E-state index contributed by atoms with van der Waals surface area (Å²) in [6.45, 7) is 4.68. The van der Waals surface area contributed by atoms with E-state index in [2.05, 4.69) is 44.2 Å². The molecule has 0 radical (unpaired) electrons. The second-order valence-electron chi connectivity index (χ2n) is 6.39. The molecule has 18 heavy (non-hydrogen) atoms. The Bertz CT molecular complexity index is 319. The summed E-state index contributed by atoms with van der Waals surface area (Å²) in [5, 5.41) is 0. The van der Waals surface area contributed by atoms with Gasteiger partial charge in [-0.1, -0.05) is 69.9 Å². The summed E-state index contributed by atoms with van der Waals surface area (Å²) in [6.07, 6.45) is 10.0. The molecule has 0 aliphatic heterocycles. The molecule has 0 bridgehead atoms. The van der Waals surface area contributed by atoms with Crippen molar-refractivity contribution in [1.82, 2.24) is 0 Å². The van der Waals surface area contributed by atoms with Crippen molar-refractivity contribution in [2.75, 3.05) is 0 Å². The molecule has 2 rings (SSSR count). The summed E-state index contributed by atoms with van der Waals surface area (Å²) in [5.41, 5.74) is 1.59. The summed E-state index contributed by atoms with van der Waals surface area (Å²) in [7, 11) is 0. The first-order chi connectivity index (χ1) is 8.77. The molecule has 0 heteroatoms. The maximum absolute atomic E-state index is 2.35. The second-order valence-corrected chi connectivity index (χ2v) is 6.39. The maximum Gasteiger partial charge on any atom is -0.0134 e. The van der Waals surface area contributed by atoms with E-state index in [0.29, 0.717) is 0 Å². The van der Waals surface area contributed by atoms with Crippen molar-refractivity contribution in [2.45, 2.75) is 64.7 Å². The standard InChI is InChI=1S/C18H28/c1-15(2)9-8-14-18(17-12-6-7-13-17)16-10-4-3-5-11-16/h3-5,10-11,15,17-18H,6-9,12-14H2,1-2H3. The van der Waals surface area contributed by atoms with Gasteiger partial charge in [0.25, 0.3) is 0 Å². The first-order valence-electron chi connectivity index (χ1n) is 7.82. The molecule has 1 fully saturated rings. The van der Waals surface area contributed by atoms with Crippen LogP contribution >= 0.6 is 0 Å². The van der Waals surface area contributed by atoms with Crippen molar-refractivity contribution >= 4 is 0 Å². The summed E-state index contributed by atoms with van der Waals surface area (Å²) in [5.74, 6) is 2.64. The molecule has 0 heterocycles. The monoisotopic (exact) mass is 244 g/mol. The first kappa shape index (κ1) is 13.6. The Morgan fingerprint density at radius 3 is 2.28 bits per heavy atom. The van der Waals surface area contributed by atoms with Gasteiger partial charge in [0.15, 0.2) is 0 Å². The van der Waals surface area contributed by atoms with Crippen molar-refractivity contribution in [3.63, 3.8) is 0 Å². The lowest BCUT2D eigenvalue weighted by Gasteiger charge is -2.24. The molecule has 0 amide bonds. The lowest BCUT2D eigenvalue weighted by molar-refractivity contribution is 0.387. The molecule has 1 aromatic carbocycles. The maximum atomic E-state index is 2.35. The van der Waals surface area contributed by atoms with Crippen molar-refractivity contribution in [3.05, 3.63) is 35.9 Å². The fraction of sp³-hybridized carbons (Fsp3) is 0.667. The number of hydrogen-bond acceptors (Lipinski definition) is 0. The normalized spacial score (nSPS) is 18.4. The molecule has 1 atom stereocenters. The topological polar surface area (TPSA) is 0 Å². The summed E-state index contributed by atoms with van der Waals surface area (Å²) in [4.78, 5) is 0.